The van der Waals surface area contributed by atoms with E-state index in [1.54, 1.807) is 36.4 Å². The minimum Gasteiger partial charge on any atom is -0.314 e. The molecule has 4 amide bonds. The number of urea groups is 1. The van der Waals surface area contributed by atoms with Crippen LogP contribution >= 0.6 is 0 Å². The summed E-state index contributed by atoms with van der Waals surface area (Å²) < 4.78 is 0. The van der Waals surface area contributed by atoms with Crippen LogP contribution in [0.15, 0.2) is 66.7 Å². The molecule has 3 N–H and O–H groups in total. The van der Waals surface area contributed by atoms with Gasteiger partial charge >= 0.3 is 6.03 Å². The van der Waals surface area contributed by atoms with E-state index in [9.17, 15) is 14.4 Å². The average Bonchev–Trinajstić information content (AvgIpc) is 3.36. The number of nitrogens with zero attached hydrogens (tertiary/aromatic N) is 2. The van der Waals surface area contributed by atoms with Gasteiger partial charge in [-0.2, -0.15) is 5.10 Å². The quantitative estimate of drug-likeness (QED) is 0.584. The Hall–Kier alpha value is -4.20. The fourth-order valence-electron chi connectivity index (χ4n) is 3.12. The molecule has 0 spiro atoms. The Kier molecular flexibility index (Phi) is 5.38. The molecule has 150 valence electrons. The summed E-state index contributed by atoms with van der Waals surface area (Å²) >= 11 is 0. The van der Waals surface area contributed by atoms with Crippen LogP contribution in [0.3, 0.4) is 0 Å². The Balaban J connectivity index is 1.36. The van der Waals surface area contributed by atoms with E-state index in [2.05, 4.69) is 20.8 Å². The Bertz CT molecular complexity index is 1110. The lowest BCUT2D eigenvalue weighted by Gasteiger charge is -2.16. The molecule has 1 aliphatic rings. The molecule has 3 aromatic rings. The highest BCUT2D eigenvalue weighted by Gasteiger charge is 2.29. The van der Waals surface area contributed by atoms with Crippen molar-refractivity contribution in [3.8, 4) is 0 Å². The van der Waals surface area contributed by atoms with Crippen LogP contribution in [0.2, 0.25) is 0 Å². The fraction of sp³-hybridized carbons (Fsp3) is 0.0909. The maximum absolute atomic E-state index is 12.4. The van der Waals surface area contributed by atoms with E-state index in [1.165, 1.54) is 11.0 Å². The first kappa shape index (κ1) is 19.1. The van der Waals surface area contributed by atoms with Gasteiger partial charge in [0.1, 0.15) is 0 Å². The molecular weight excluding hydrogens is 382 g/mol. The zero-order chi connectivity index (χ0) is 20.9. The van der Waals surface area contributed by atoms with E-state index in [-0.39, 0.29) is 19.0 Å². The third-order valence-corrected chi connectivity index (χ3v) is 4.66. The van der Waals surface area contributed by atoms with Gasteiger partial charge < -0.3 is 10.2 Å². The molecule has 0 saturated carbocycles. The summed E-state index contributed by atoms with van der Waals surface area (Å²) in [5, 5.41) is 12.1. The Labute approximate surface area is 172 Å². The lowest BCUT2D eigenvalue weighted by Crippen LogP contribution is -2.40. The molecule has 0 unspecified atom stereocenters. The molecule has 0 aliphatic carbocycles. The number of anilines is 1. The van der Waals surface area contributed by atoms with Crippen LogP contribution in [-0.4, -0.2) is 32.9 Å². The van der Waals surface area contributed by atoms with Crippen LogP contribution in [0.4, 0.5) is 10.6 Å². The van der Waals surface area contributed by atoms with Crippen molar-refractivity contribution in [1.29, 1.82) is 0 Å². The van der Waals surface area contributed by atoms with Crippen molar-refractivity contribution in [2.75, 3.05) is 5.32 Å². The summed E-state index contributed by atoms with van der Waals surface area (Å²) in [7, 11) is 0. The Morgan fingerprint density at radius 1 is 0.967 bits per heavy atom. The minimum atomic E-state index is -0.505. The van der Waals surface area contributed by atoms with E-state index in [1.807, 2.05) is 30.3 Å². The van der Waals surface area contributed by atoms with Crippen molar-refractivity contribution in [3.05, 3.63) is 89.1 Å². The van der Waals surface area contributed by atoms with Crippen LogP contribution in [0.5, 0.6) is 0 Å². The minimum absolute atomic E-state index is 0.234. The number of H-pyrrole nitrogens is 1. The molecule has 8 heteroatoms. The molecule has 0 radical (unpaired) electrons. The van der Waals surface area contributed by atoms with Gasteiger partial charge in [0.15, 0.2) is 5.82 Å². The first-order valence-electron chi connectivity index (χ1n) is 9.35. The number of rotatable bonds is 4. The van der Waals surface area contributed by atoms with Crippen molar-refractivity contribution in [3.63, 3.8) is 0 Å². The monoisotopic (exact) mass is 401 g/mol. The summed E-state index contributed by atoms with van der Waals surface area (Å²) in [6.45, 7) is 0.504. The van der Waals surface area contributed by atoms with Crippen LogP contribution in [0, 0.1) is 0 Å². The van der Waals surface area contributed by atoms with Gasteiger partial charge in [0.25, 0.3) is 5.91 Å². The number of hydrogen-bond acceptors (Lipinski definition) is 4. The number of amides is 4. The second kappa shape index (κ2) is 8.44. The Morgan fingerprint density at radius 3 is 2.40 bits per heavy atom. The molecule has 8 nitrogen and oxygen atoms in total. The molecule has 4 rings (SSSR count). The number of aromatic nitrogens is 2. The fourth-order valence-corrected chi connectivity index (χ4v) is 3.12. The molecule has 2 heterocycles. The van der Waals surface area contributed by atoms with E-state index in [0.29, 0.717) is 11.4 Å². The summed E-state index contributed by atoms with van der Waals surface area (Å²) in [5.74, 6) is -0.415. The second-order valence-electron chi connectivity index (χ2n) is 6.74. The third-order valence-electron chi connectivity index (χ3n) is 4.66. The molecule has 0 bridgehead atoms. The van der Waals surface area contributed by atoms with Crippen LogP contribution in [0.25, 0.3) is 6.08 Å². The number of imide groups is 1. The van der Waals surface area contributed by atoms with E-state index < -0.39 is 11.9 Å². The van der Waals surface area contributed by atoms with Gasteiger partial charge in [0.2, 0.25) is 5.91 Å². The van der Waals surface area contributed by atoms with Gasteiger partial charge in [0.05, 0.1) is 18.8 Å². The molecule has 2 aromatic carbocycles. The number of nitrogens with one attached hydrogen (secondary N) is 3. The summed E-state index contributed by atoms with van der Waals surface area (Å²) in [6, 6.07) is 17.5. The van der Waals surface area contributed by atoms with Gasteiger partial charge in [-0.1, -0.05) is 48.5 Å². The first-order chi connectivity index (χ1) is 14.6. The number of fused-ring (bicyclic) bond motifs is 1. The van der Waals surface area contributed by atoms with Crippen LogP contribution in [0.1, 0.15) is 27.2 Å². The van der Waals surface area contributed by atoms with E-state index in [0.717, 1.165) is 16.8 Å². The molecular formula is C22H19N5O3. The first-order valence-corrected chi connectivity index (χ1v) is 9.35. The smallest absolute Gasteiger partial charge is 0.314 e. The number of aromatic amines is 1. The highest BCUT2D eigenvalue weighted by molar-refractivity contribution is 6.04. The van der Waals surface area contributed by atoms with Crippen molar-refractivity contribution in [2.24, 2.45) is 0 Å². The topological polar surface area (TPSA) is 107 Å². The summed E-state index contributed by atoms with van der Waals surface area (Å²) in [6.07, 6.45) is 3.13. The third kappa shape index (κ3) is 4.27. The summed E-state index contributed by atoms with van der Waals surface area (Å²) in [4.78, 5) is 38.3. The van der Waals surface area contributed by atoms with Crippen LogP contribution < -0.4 is 10.6 Å². The van der Waals surface area contributed by atoms with Gasteiger partial charge in [0, 0.05) is 17.2 Å². The highest BCUT2D eigenvalue weighted by Crippen LogP contribution is 2.27. The SMILES string of the molecule is O=C(/C=C/c1ccccc1)Nc1n[nH]c2c1CN(C(=O)NC(=O)c1ccccc1)C2. The molecule has 0 fully saturated rings. The van der Waals surface area contributed by atoms with Gasteiger partial charge in [-0.05, 0) is 23.8 Å². The molecule has 0 atom stereocenters. The lowest BCUT2D eigenvalue weighted by molar-refractivity contribution is -0.111. The number of carbonyl (C=O) groups is 3. The predicted octanol–water partition coefficient (Wildman–Crippen LogP) is 2.93. The predicted molar refractivity (Wildman–Crippen MR) is 111 cm³/mol. The lowest BCUT2D eigenvalue weighted by atomic mass is 10.2. The largest absolute Gasteiger partial charge is 0.324 e. The van der Waals surface area contributed by atoms with Crippen molar-refractivity contribution in [1.82, 2.24) is 20.4 Å². The normalized spacial score (nSPS) is 12.6. The van der Waals surface area contributed by atoms with Crippen molar-refractivity contribution in [2.45, 2.75) is 13.1 Å². The number of carbonyl (C=O) groups excluding carboxylic acids is 3. The maximum atomic E-state index is 12.4. The van der Waals surface area contributed by atoms with E-state index in [4.69, 9.17) is 0 Å². The summed E-state index contributed by atoms with van der Waals surface area (Å²) in [5.41, 5.74) is 2.76. The molecule has 1 aliphatic heterocycles. The number of hydrogen-bond donors (Lipinski definition) is 3. The molecule has 1 aromatic heterocycles. The van der Waals surface area contributed by atoms with E-state index >= 15 is 0 Å². The maximum Gasteiger partial charge on any atom is 0.324 e. The second-order valence-corrected chi connectivity index (χ2v) is 6.74. The Morgan fingerprint density at radius 2 is 1.67 bits per heavy atom. The van der Waals surface area contributed by atoms with Crippen molar-refractivity contribution < 1.29 is 14.4 Å². The zero-order valence-corrected chi connectivity index (χ0v) is 16.0. The van der Waals surface area contributed by atoms with Gasteiger partial charge in [-0.15, -0.1) is 0 Å². The highest BCUT2D eigenvalue weighted by atomic mass is 16.2. The van der Waals surface area contributed by atoms with Gasteiger partial charge in [-0.25, -0.2) is 4.79 Å². The standard InChI is InChI=1S/C22H19N5O3/c28-19(12-11-15-7-3-1-4-8-15)23-20-17-13-27(14-18(17)25-26-20)22(30)24-21(29)16-9-5-2-6-10-16/h1-12H,13-14H2,(H,24,29,30)(H2,23,25,26,28)/b12-11+. The van der Waals surface area contributed by atoms with Gasteiger partial charge in [-0.3, -0.25) is 20.0 Å². The molecule has 30 heavy (non-hydrogen) atoms. The van der Waals surface area contributed by atoms with Crippen molar-refractivity contribution >= 4 is 29.7 Å². The van der Waals surface area contributed by atoms with Crippen LogP contribution in [-0.2, 0) is 17.9 Å². The average molecular weight is 401 g/mol. The molecule has 0 saturated heterocycles. The number of benzene rings is 2. The zero-order valence-electron chi connectivity index (χ0n) is 16.0.